The smallest absolute Gasteiger partial charge is 0.363 e. The molecular weight excluding hydrogens is 175 g/mol. The fourth-order valence-electron chi connectivity index (χ4n) is 0.683. The number of alkyl halides is 3. The molecule has 0 aromatic rings. The minimum absolute atomic E-state index is 1.01. The summed E-state index contributed by atoms with van der Waals surface area (Å²) in [5, 5.41) is 0. The normalized spacial score (nSPS) is 14.0. The fourth-order valence-corrected chi connectivity index (χ4v) is 0.683. The van der Waals surface area contributed by atoms with Crippen LogP contribution in [-0.2, 0) is 9.59 Å². The van der Waals surface area contributed by atoms with Gasteiger partial charge >= 0.3 is 6.18 Å². The minimum Gasteiger partial charge on any atom is -0.363 e. The van der Waals surface area contributed by atoms with E-state index in [1.54, 1.807) is 0 Å². The first-order chi connectivity index (χ1) is 5.24. The molecule has 0 bridgehead atoms. The minimum atomic E-state index is -4.44. The van der Waals surface area contributed by atoms with Gasteiger partial charge in [0.05, 0.1) is 6.42 Å². The van der Waals surface area contributed by atoms with Gasteiger partial charge in [-0.25, -0.2) is 0 Å². The maximum atomic E-state index is 11.6. The van der Waals surface area contributed by atoms with Gasteiger partial charge in [-0.15, -0.1) is 0 Å². The Balaban J connectivity index is 4.14. The van der Waals surface area contributed by atoms with Gasteiger partial charge in [0.2, 0.25) is 5.78 Å². The largest absolute Gasteiger partial charge is 0.389 e. The first-order valence-corrected chi connectivity index (χ1v) is 3.14. The molecule has 0 rings (SSSR count). The molecule has 6 heteroatoms. The SMILES string of the molecule is CC(CC(F)(F)F)C(=O)C(N)=O. The summed E-state index contributed by atoms with van der Waals surface area (Å²) in [6, 6.07) is 0. The van der Waals surface area contributed by atoms with Gasteiger partial charge in [-0.2, -0.15) is 13.2 Å². The summed E-state index contributed by atoms with van der Waals surface area (Å²) < 4.78 is 34.9. The standard InChI is InChI=1S/C6H8F3NO2/c1-3(2-6(7,8)9)4(11)5(10)12/h3H,2H2,1H3,(H2,10,12). The van der Waals surface area contributed by atoms with Crippen LogP contribution in [0.15, 0.2) is 0 Å². The van der Waals surface area contributed by atoms with E-state index in [-0.39, 0.29) is 0 Å². The molecular formula is C6H8F3NO2. The molecule has 12 heavy (non-hydrogen) atoms. The van der Waals surface area contributed by atoms with Crippen LogP contribution in [0.4, 0.5) is 13.2 Å². The van der Waals surface area contributed by atoms with E-state index in [2.05, 4.69) is 5.73 Å². The van der Waals surface area contributed by atoms with Gasteiger partial charge in [0.1, 0.15) is 0 Å². The topological polar surface area (TPSA) is 60.2 Å². The Kier molecular flexibility index (Phi) is 3.24. The van der Waals surface area contributed by atoms with Crippen LogP contribution in [-0.4, -0.2) is 17.9 Å². The Morgan fingerprint density at radius 1 is 1.42 bits per heavy atom. The lowest BCUT2D eigenvalue weighted by Gasteiger charge is -2.10. The van der Waals surface area contributed by atoms with Gasteiger partial charge in [-0.1, -0.05) is 6.92 Å². The Morgan fingerprint density at radius 3 is 2.08 bits per heavy atom. The number of primary amides is 1. The van der Waals surface area contributed by atoms with Gasteiger partial charge in [-0.05, 0) is 0 Å². The summed E-state index contributed by atoms with van der Waals surface area (Å²) in [4.78, 5) is 20.7. The summed E-state index contributed by atoms with van der Waals surface area (Å²) in [7, 11) is 0. The number of carbonyl (C=O) groups excluding carboxylic acids is 2. The highest BCUT2D eigenvalue weighted by atomic mass is 19.4. The van der Waals surface area contributed by atoms with Crippen molar-refractivity contribution in [3.05, 3.63) is 0 Å². The van der Waals surface area contributed by atoms with Crippen molar-refractivity contribution in [3.63, 3.8) is 0 Å². The summed E-state index contributed by atoms with van der Waals surface area (Å²) in [6.07, 6.45) is -5.75. The number of nitrogens with two attached hydrogens (primary N) is 1. The van der Waals surface area contributed by atoms with E-state index in [1.807, 2.05) is 0 Å². The summed E-state index contributed by atoms with van der Waals surface area (Å²) in [6.45, 7) is 1.01. The Bertz CT molecular complexity index is 199. The molecule has 0 saturated heterocycles. The molecule has 0 aromatic carbocycles. The highest BCUT2D eigenvalue weighted by molar-refractivity contribution is 6.36. The van der Waals surface area contributed by atoms with E-state index < -0.39 is 30.2 Å². The third kappa shape index (κ3) is 3.95. The van der Waals surface area contributed by atoms with E-state index in [0.717, 1.165) is 6.92 Å². The van der Waals surface area contributed by atoms with Gasteiger partial charge < -0.3 is 5.73 Å². The zero-order valence-corrected chi connectivity index (χ0v) is 6.31. The van der Waals surface area contributed by atoms with Crippen molar-refractivity contribution in [1.82, 2.24) is 0 Å². The Hall–Kier alpha value is -1.07. The lowest BCUT2D eigenvalue weighted by atomic mass is 10.0. The number of hydrogen-bond donors (Lipinski definition) is 1. The lowest BCUT2D eigenvalue weighted by Crippen LogP contribution is -2.31. The number of halogens is 3. The molecule has 70 valence electrons. The van der Waals surface area contributed by atoms with Gasteiger partial charge in [0.25, 0.3) is 5.91 Å². The van der Waals surface area contributed by atoms with Crippen LogP contribution < -0.4 is 5.73 Å². The van der Waals surface area contributed by atoms with E-state index in [4.69, 9.17) is 0 Å². The highest BCUT2D eigenvalue weighted by Crippen LogP contribution is 2.24. The van der Waals surface area contributed by atoms with Crippen LogP contribution in [0.25, 0.3) is 0 Å². The zero-order valence-electron chi connectivity index (χ0n) is 6.31. The number of amides is 1. The van der Waals surface area contributed by atoms with Crippen molar-refractivity contribution in [1.29, 1.82) is 0 Å². The third-order valence-electron chi connectivity index (χ3n) is 1.23. The van der Waals surface area contributed by atoms with Crippen molar-refractivity contribution >= 4 is 11.7 Å². The van der Waals surface area contributed by atoms with Crippen molar-refractivity contribution < 1.29 is 22.8 Å². The first-order valence-electron chi connectivity index (χ1n) is 3.14. The van der Waals surface area contributed by atoms with Crippen LogP contribution in [0.1, 0.15) is 13.3 Å². The average molecular weight is 183 g/mol. The maximum absolute atomic E-state index is 11.6. The van der Waals surface area contributed by atoms with E-state index in [0.29, 0.717) is 0 Å². The number of Topliss-reactive ketones (excluding diaryl/α,β-unsaturated/α-hetero) is 1. The zero-order chi connectivity index (χ0) is 9.94. The first kappa shape index (κ1) is 10.9. The quantitative estimate of drug-likeness (QED) is 0.652. The van der Waals surface area contributed by atoms with Crippen molar-refractivity contribution in [3.8, 4) is 0 Å². The van der Waals surface area contributed by atoms with E-state index in [1.165, 1.54) is 0 Å². The molecule has 1 amide bonds. The maximum Gasteiger partial charge on any atom is 0.389 e. The van der Waals surface area contributed by atoms with Crippen molar-refractivity contribution in [2.24, 2.45) is 11.7 Å². The average Bonchev–Trinajstić information content (AvgIpc) is 1.82. The van der Waals surface area contributed by atoms with E-state index in [9.17, 15) is 22.8 Å². The number of rotatable bonds is 3. The second-order valence-corrected chi connectivity index (χ2v) is 2.45. The summed E-state index contributed by atoms with van der Waals surface area (Å²) in [5.74, 6) is -3.90. The molecule has 0 saturated carbocycles. The highest BCUT2D eigenvalue weighted by Gasteiger charge is 2.34. The third-order valence-corrected chi connectivity index (χ3v) is 1.23. The fraction of sp³-hybridized carbons (Fsp3) is 0.667. The van der Waals surface area contributed by atoms with Crippen molar-refractivity contribution in [2.45, 2.75) is 19.5 Å². The second-order valence-electron chi connectivity index (χ2n) is 2.45. The molecule has 2 N–H and O–H groups in total. The van der Waals surface area contributed by atoms with Crippen LogP contribution in [0.5, 0.6) is 0 Å². The predicted molar refractivity (Wildman–Crippen MR) is 34.0 cm³/mol. The molecule has 0 aliphatic carbocycles. The molecule has 0 aliphatic rings. The summed E-state index contributed by atoms with van der Waals surface area (Å²) >= 11 is 0. The van der Waals surface area contributed by atoms with Crippen LogP contribution in [0, 0.1) is 5.92 Å². The molecule has 0 aromatic heterocycles. The number of hydrogen-bond acceptors (Lipinski definition) is 2. The molecule has 0 radical (unpaired) electrons. The van der Waals surface area contributed by atoms with Crippen LogP contribution in [0.2, 0.25) is 0 Å². The number of ketones is 1. The van der Waals surface area contributed by atoms with E-state index >= 15 is 0 Å². The molecule has 0 spiro atoms. The molecule has 0 aliphatic heterocycles. The second kappa shape index (κ2) is 3.55. The van der Waals surface area contributed by atoms with Crippen LogP contribution in [0.3, 0.4) is 0 Å². The van der Waals surface area contributed by atoms with Gasteiger partial charge in [-0.3, -0.25) is 9.59 Å². The Labute approximate surface area is 66.7 Å². The van der Waals surface area contributed by atoms with Crippen LogP contribution >= 0.6 is 0 Å². The van der Waals surface area contributed by atoms with Gasteiger partial charge in [0.15, 0.2) is 0 Å². The van der Waals surface area contributed by atoms with Crippen molar-refractivity contribution in [2.75, 3.05) is 0 Å². The summed E-state index contributed by atoms with van der Waals surface area (Å²) in [5.41, 5.74) is 4.50. The number of carbonyl (C=O) groups is 2. The molecule has 1 unspecified atom stereocenters. The molecule has 0 heterocycles. The monoisotopic (exact) mass is 183 g/mol. The van der Waals surface area contributed by atoms with Gasteiger partial charge in [0, 0.05) is 5.92 Å². The Morgan fingerprint density at radius 2 is 1.83 bits per heavy atom. The molecule has 3 nitrogen and oxygen atoms in total. The predicted octanol–water partition coefficient (Wildman–Crippen LogP) is 0.629. The lowest BCUT2D eigenvalue weighted by molar-refractivity contribution is -0.154. The molecule has 0 fully saturated rings. The molecule has 1 atom stereocenters.